The van der Waals surface area contributed by atoms with E-state index in [1.165, 1.54) is 4.90 Å². The summed E-state index contributed by atoms with van der Waals surface area (Å²) in [6.07, 6.45) is 1.38. The van der Waals surface area contributed by atoms with Crippen molar-refractivity contribution in [1.29, 1.82) is 0 Å². The highest BCUT2D eigenvalue weighted by Gasteiger charge is 2.27. The Balaban J connectivity index is 1.66. The molecule has 6 nitrogen and oxygen atoms in total. The minimum absolute atomic E-state index is 0.123. The Morgan fingerprint density at radius 3 is 2.45 bits per heavy atom. The summed E-state index contributed by atoms with van der Waals surface area (Å²) in [4.78, 5) is 35.9. The van der Waals surface area contributed by atoms with Gasteiger partial charge in [0.25, 0.3) is 0 Å². The molecule has 1 aromatic rings. The van der Waals surface area contributed by atoms with Crippen LogP contribution in [0.4, 0.5) is 0 Å². The molecule has 0 spiro atoms. The number of hydrogen-bond acceptors (Lipinski definition) is 4. The Labute approximate surface area is 129 Å². The zero-order chi connectivity index (χ0) is 15.9. The van der Waals surface area contributed by atoms with E-state index in [-0.39, 0.29) is 30.2 Å². The second-order valence-electron chi connectivity index (χ2n) is 5.36. The maximum Gasteiger partial charge on any atom is 0.229 e. The Kier molecular flexibility index (Phi) is 5.66. The molecule has 1 fully saturated rings. The molecule has 0 saturated carbocycles. The number of nitrogens with zero attached hydrogens (tertiary/aromatic N) is 1. The number of likely N-dealkylation sites (tertiary alicyclic amines) is 1. The summed E-state index contributed by atoms with van der Waals surface area (Å²) in [5.41, 5.74) is 6.90. The molecular formula is C16H21N3O3. The summed E-state index contributed by atoms with van der Waals surface area (Å²) in [6, 6.07) is 9.12. The van der Waals surface area contributed by atoms with Crippen molar-refractivity contribution in [3.05, 3.63) is 35.9 Å². The van der Waals surface area contributed by atoms with Crippen LogP contribution in [-0.4, -0.2) is 35.7 Å². The van der Waals surface area contributed by atoms with Gasteiger partial charge in [0.2, 0.25) is 17.7 Å². The molecule has 3 amide bonds. The van der Waals surface area contributed by atoms with Gasteiger partial charge >= 0.3 is 0 Å². The van der Waals surface area contributed by atoms with Gasteiger partial charge in [-0.15, -0.1) is 0 Å². The summed E-state index contributed by atoms with van der Waals surface area (Å²) >= 11 is 0. The Hall–Kier alpha value is -2.21. The molecule has 1 aromatic carbocycles. The molecule has 1 saturated heterocycles. The Morgan fingerprint density at radius 1 is 1.18 bits per heavy atom. The number of imide groups is 1. The predicted octanol–water partition coefficient (Wildman–Crippen LogP) is 0.732. The largest absolute Gasteiger partial charge is 0.356 e. The number of hydrogen-bond donors (Lipinski definition) is 2. The summed E-state index contributed by atoms with van der Waals surface area (Å²) < 4.78 is 0. The first-order valence-corrected chi connectivity index (χ1v) is 7.48. The second kappa shape index (κ2) is 7.70. The highest BCUT2D eigenvalue weighted by atomic mass is 16.2. The molecular weight excluding hydrogens is 282 g/mol. The normalized spacial score (nSPS) is 16.0. The first-order valence-electron chi connectivity index (χ1n) is 7.48. The van der Waals surface area contributed by atoms with Crippen LogP contribution >= 0.6 is 0 Å². The SMILES string of the molecule is NC(CC(=O)NCCCN1C(=O)CCC1=O)c1ccccc1. The molecule has 2 rings (SSSR count). The summed E-state index contributed by atoms with van der Waals surface area (Å²) in [6.45, 7) is 0.792. The van der Waals surface area contributed by atoms with Crippen molar-refractivity contribution >= 4 is 17.7 Å². The minimum atomic E-state index is -0.331. The molecule has 118 valence electrons. The summed E-state index contributed by atoms with van der Waals surface area (Å²) in [7, 11) is 0. The quantitative estimate of drug-likeness (QED) is 0.574. The van der Waals surface area contributed by atoms with Gasteiger partial charge in [-0.2, -0.15) is 0 Å². The molecule has 0 aromatic heterocycles. The van der Waals surface area contributed by atoms with Crippen molar-refractivity contribution in [3.8, 4) is 0 Å². The molecule has 1 unspecified atom stereocenters. The maximum atomic E-state index is 11.8. The van der Waals surface area contributed by atoms with Gasteiger partial charge in [-0.1, -0.05) is 30.3 Å². The lowest BCUT2D eigenvalue weighted by molar-refractivity contribution is -0.138. The lowest BCUT2D eigenvalue weighted by atomic mass is 10.0. The fourth-order valence-corrected chi connectivity index (χ4v) is 2.43. The van der Waals surface area contributed by atoms with E-state index >= 15 is 0 Å². The van der Waals surface area contributed by atoms with Crippen LogP contribution in [-0.2, 0) is 14.4 Å². The van der Waals surface area contributed by atoms with E-state index in [0.717, 1.165) is 5.56 Å². The number of carbonyl (C=O) groups is 3. The number of nitrogens with one attached hydrogen (secondary N) is 1. The fourth-order valence-electron chi connectivity index (χ4n) is 2.43. The molecule has 3 N–H and O–H groups in total. The van der Waals surface area contributed by atoms with Crippen molar-refractivity contribution in [2.24, 2.45) is 5.73 Å². The van der Waals surface area contributed by atoms with E-state index in [9.17, 15) is 14.4 Å². The topological polar surface area (TPSA) is 92.5 Å². The molecule has 1 aliphatic rings. The first kappa shape index (κ1) is 16.2. The van der Waals surface area contributed by atoms with Crippen LogP contribution in [0.2, 0.25) is 0 Å². The van der Waals surface area contributed by atoms with Gasteiger partial charge in [-0.25, -0.2) is 0 Å². The van der Waals surface area contributed by atoms with Crippen LogP contribution in [0.25, 0.3) is 0 Å². The summed E-state index contributed by atoms with van der Waals surface area (Å²) in [5.74, 6) is -0.375. The molecule has 0 radical (unpaired) electrons. The molecule has 1 atom stereocenters. The third-order valence-corrected chi connectivity index (χ3v) is 3.67. The van der Waals surface area contributed by atoms with Crippen molar-refractivity contribution in [1.82, 2.24) is 10.2 Å². The smallest absolute Gasteiger partial charge is 0.229 e. The predicted molar refractivity (Wildman–Crippen MR) is 81.6 cm³/mol. The lowest BCUT2D eigenvalue weighted by Gasteiger charge is -2.14. The minimum Gasteiger partial charge on any atom is -0.356 e. The molecule has 22 heavy (non-hydrogen) atoms. The number of rotatable bonds is 7. The van der Waals surface area contributed by atoms with Crippen LogP contribution < -0.4 is 11.1 Å². The van der Waals surface area contributed by atoms with Crippen LogP contribution in [0.5, 0.6) is 0 Å². The highest BCUT2D eigenvalue weighted by Crippen LogP contribution is 2.13. The zero-order valence-electron chi connectivity index (χ0n) is 12.5. The average Bonchev–Trinajstić information content (AvgIpc) is 2.83. The number of nitrogens with two attached hydrogens (primary N) is 1. The Morgan fingerprint density at radius 2 is 1.82 bits per heavy atom. The number of benzene rings is 1. The Bertz CT molecular complexity index is 529. The van der Waals surface area contributed by atoms with Crippen molar-refractivity contribution < 1.29 is 14.4 Å². The van der Waals surface area contributed by atoms with E-state index in [1.807, 2.05) is 30.3 Å². The second-order valence-corrected chi connectivity index (χ2v) is 5.36. The fraction of sp³-hybridized carbons (Fsp3) is 0.438. The van der Waals surface area contributed by atoms with Crippen molar-refractivity contribution in [2.75, 3.05) is 13.1 Å². The maximum absolute atomic E-state index is 11.8. The van der Waals surface area contributed by atoms with Gasteiger partial charge in [-0.05, 0) is 12.0 Å². The van der Waals surface area contributed by atoms with E-state index in [4.69, 9.17) is 5.73 Å². The van der Waals surface area contributed by atoms with Gasteiger partial charge in [0, 0.05) is 38.4 Å². The van der Waals surface area contributed by atoms with Crippen molar-refractivity contribution in [2.45, 2.75) is 31.7 Å². The summed E-state index contributed by atoms with van der Waals surface area (Å²) in [5, 5.41) is 2.77. The molecule has 0 bridgehead atoms. The van der Waals surface area contributed by atoms with Crippen LogP contribution in [0.15, 0.2) is 30.3 Å². The highest BCUT2D eigenvalue weighted by molar-refractivity contribution is 6.01. The molecule has 6 heteroatoms. The third kappa shape index (κ3) is 4.39. The standard InChI is InChI=1S/C16H21N3O3/c17-13(12-5-2-1-3-6-12)11-14(20)18-9-4-10-19-15(21)7-8-16(19)22/h1-3,5-6,13H,4,7-11,17H2,(H,18,20). The van der Waals surface area contributed by atoms with E-state index in [2.05, 4.69) is 5.32 Å². The monoisotopic (exact) mass is 303 g/mol. The van der Waals surface area contributed by atoms with Gasteiger partial charge in [0.15, 0.2) is 0 Å². The van der Waals surface area contributed by atoms with Gasteiger partial charge in [-0.3, -0.25) is 19.3 Å². The number of carbonyl (C=O) groups excluding carboxylic acids is 3. The van der Waals surface area contributed by atoms with E-state index in [1.54, 1.807) is 0 Å². The van der Waals surface area contributed by atoms with Gasteiger partial charge < -0.3 is 11.1 Å². The van der Waals surface area contributed by atoms with Crippen LogP contribution in [0.1, 0.15) is 37.3 Å². The third-order valence-electron chi connectivity index (χ3n) is 3.67. The average molecular weight is 303 g/mol. The molecule has 1 aliphatic heterocycles. The van der Waals surface area contributed by atoms with Gasteiger partial charge in [0.05, 0.1) is 0 Å². The molecule has 0 aliphatic carbocycles. The first-order chi connectivity index (χ1) is 10.6. The molecule has 1 heterocycles. The van der Waals surface area contributed by atoms with Crippen molar-refractivity contribution in [3.63, 3.8) is 0 Å². The van der Waals surface area contributed by atoms with Crippen LogP contribution in [0.3, 0.4) is 0 Å². The van der Waals surface area contributed by atoms with Gasteiger partial charge in [0.1, 0.15) is 0 Å². The lowest BCUT2D eigenvalue weighted by Crippen LogP contribution is -2.33. The van der Waals surface area contributed by atoms with E-state index < -0.39 is 0 Å². The van der Waals surface area contributed by atoms with Crippen LogP contribution in [0, 0.1) is 0 Å². The van der Waals surface area contributed by atoms with E-state index in [0.29, 0.717) is 32.4 Å². The number of amides is 3. The zero-order valence-corrected chi connectivity index (χ0v) is 12.5.